The van der Waals surface area contributed by atoms with Crippen molar-refractivity contribution < 1.29 is 4.79 Å². The quantitative estimate of drug-likeness (QED) is 0.810. The highest BCUT2D eigenvalue weighted by atomic mass is 79.9. The molecule has 7 heteroatoms. The molecule has 0 atom stereocenters. The van der Waals surface area contributed by atoms with Crippen molar-refractivity contribution in [3.8, 4) is 0 Å². The van der Waals surface area contributed by atoms with Crippen molar-refractivity contribution in [3.05, 3.63) is 44.9 Å². The summed E-state index contributed by atoms with van der Waals surface area (Å²) in [7, 11) is 1.61. The van der Waals surface area contributed by atoms with Gasteiger partial charge >= 0.3 is 11.7 Å². The predicted molar refractivity (Wildman–Crippen MR) is 69.7 cm³/mol. The smallest absolute Gasteiger partial charge is 0.288 e. The Bertz CT molecular complexity index is 594. The molecule has 2 aromatic rings. The second-order valence-corrected chi connectivity index (χ2v) is 5.06. The number of rotatable bonds is 1. The van der Waals surface area contributed by atoms with Gasteiger partial charge in [0.15, 0.2) is 0 Å². The van der Waals surface area contributed by atoms with Crippen molar-refractivity contribution in [1.29, 1.82) is 0 Å². The number of carbonyl (C=O) groups is 1. The van der Waals surface area contributed by atoms with Gasteiger partial charge in [-0.25, -0.2) is 14.2 Å². The van der Waals surface area contributed by atoms with Crippen LogP contribution >= 0.6 is 27.3 Å². The molecule has 88 valence electrons. The second-order valence-electron chi connectivity index (χ2n) is 3.22. The molecule has 0 saturated heterocycles. The van der Waals surface area contributed by atoms with Gasteiger partial charge in [0.25, 0.3) is 0 Å². The highest BCUT2D eigenvalue weighted by Gasteiger charge is 2.15. The molecule has 0 unspecified atom stereocenters. The monoisotopic (exact) mass is 313 g/mol. The molecule has 0 spiro atoms. The molecule has 0 saturated carbocycles. The predicted octanol–water partition coefficient (Wildman–Crippen LogP) is 2.17. The summed E-state index contributed by atoms with van der Waals surface area (Å²) in [6.45, 7) is 0. The summed E-state index contributed by atoms with van der Waals surface area (Å²) in [5.41, 5.74) is -0.596. The van der Waals surface area contributed by atoms with Gasteiger partial charge in [-0.1, -0.05) is 0 Å². The van der Waals surface area contributed by atoms with E-state index in [9.17, 15) is 9.59 Å². The van der Waals surface area contributed by atoms with Crippen LogP contribution in [-0.4, -0.2) is 22.6 Å². The Morgan fingerprint density at radius 3 is 3.00 bits per heavy atom. The van der Waals surface area contributed by atoms with Crippen LogP contribution < -0.4 is 10.6 Å². The van der Waals surface area contributed by atoms with Crippen molar-refractivity contribution in [3.63, 3.8) is 0 Å². The molecule has 0 fully saturated rings. The minimum Gasteiger partial charge on any atom is -0.288 e. The van der Waals surface area contributed by atoms with E-state index in [1.807, 2.05) is 11.4 Å². The summed E-state index contributed by atoms with van der Waals surface area (Å²) in [6, 6.07) is 3.20. The van der Waals surface area contributed by atoms with E-state index in [-0.39, 0.29) is 0 Å². The van der Waals surface area contributed by atoms with Crippen LogP contribution in [0.25, 0.3) is 0 Å². The topological polar surface area (TPSA) is 55.2 Å². The van der Waals surface area contributed by atoms with Crippen LogP contribution in [0.3, 0.4) is 0 Å². The van der Waals surface area contributed by atoms with Crippen molar-refractivity contribution >= 4 is 38.3 Å². The molecule has 2 rings (SSSR count). The van der Waals surface area contributed by atoms with Crippen molar-refractivity contribution in [2.75, 3.05) is 11.9 Å². The first-order valence-electron chi connectivity index (χ1n) is 4.65. The molecule has 0 bridgehead atoms. The number of carbonyl (C=O) groups excluding carboxylic acids is 1. The number of thiophene rings is 1. The zero-order valence-electron chi connectivity index (χ0n) is 8.83. The number of nitrogens with zero attached hydrogens (tertiary/aromatic N) is 3. The van der Waals surface area contributed by atoms with Gasteiger partial charge in [0.05, 0.1) is 9.47 Å². The summed E-state index contributed by atoms with van der Waals surface area (Å²) in [4.78, 5) is 28.5. The largest absolute Gasteiger partial charge is 0.355 e. The summed E-state index contributed by atoms with van der Waals surface area (Å²) in [6.07, 6.45) is 2.76. The SMILES string of the molecule is CN(C(=O)n1cc(Br)cnc1=O)c1cccs1. The normalized spacial score (nSPS) is 10.2. The maximum Gasteiger partial charge on any atom is 0.355 e. The number of hydrogen-bond acceptors (Lipinski definition) is 4. The summed E-state index contributed by atoms with van der Waals surface area (Å²) in [5, 5.41) is 2.63. The molecule has 2 aromatic heterocycles. The molecular weight excluding hydrogens is 306 g/mol. The molecule has 1 amide bonds. The van der Waals surface area contributed by atoms with Crippen LogP contribution in [0.2, 0.25) is 0 Å². The fourth-order valence-electron chi connectivity index (χ4n) is 1.24. The Morgan fingerprint density at radius 2 is 2.35 bits per heavy atom. The fourth-order valence-corrected chi connectivity index (χ4v) is 2.24. The van der Waals surface area contributed by atoms with E-state index in [1.165, 1.54) is 28.6 Å². The fraction of sp³-hybridized carbons (Fsp3) is 0.100. The summed E-state index contributed by atoms with van der Waals surface area (Å²) >= 11 is 4.59. The van der Waals surface area contributed by atoms with E-state index in [0.717, 1.165) is 9.57 Å². The standard InChI is InChI=1S/C10H8BrN3O2S/c1-13(8-3-2-4-17-8)10(16)14-6-7(11)5-12-9(14)15/h2-6H,1H3. The maximum absolute atomic E-state index is 12.1. The second kappa shape index (κ2) is 4.80. The molecule has 17 heavy (non-hydrogen) atoms. The molecule has 0 radical (unpaired) electrons. The van der Waals surface area contributed by atoms with Crippen LogP contribution in [0.1, 0.15) is 0 Å². The lowest BCUT2D eigenvalue weighted by atomic mass is 10.5. The first kappa shape index (κ1) is 12.0. The minimum atomic E-state index is -0.596. The van der Waals surface area contributed by atoms with Gasteiger partial charge in [-0.15, -0.1) is 11.3 Å². The van der Waals surface area contributed by atoms with Gasteiger partial charge in [0.1, 0.15) is 0 Å². The van der Waals surface area contributed by atoms with Crippen LogP contribution in [0.5, 0.6) is 0 Å². The highest BCUT2D eigenvalue weighted by Crippen LogP contribution is 2.20. The third-order valence-electron chi connectivity index (χ3n) is 2.09. The van der Waals surface area contributed by atoms with E-state index < -0.39 is 11.7 Å². The molecule has 0 aliphatic heterocycles. The Hall–Kier alpha value is -1.47. The zero-order chi connectivity index (χ0) is 12.4. The molecule has 0 aliphatic rings. The van der Waals surface area contributed by atoms with Crippen molar-refractivity contribution in [2.45, 2.75) is 0 Å². The Balaban J connectivity index is 2.38. The lowest BCUT2D eigenvalue weighted by Gasteiger charge is -2.15. The van der Waals surface area contributed by atoms with E-state index >= 15 is 0 Å². The first-order valence-corrected chi connectivity index (χ1v) is 6.32. The Kier molecular flexibility index (Phi) is 3.39. The molecule has 0 aromatic carbocycles. The van der Waals surface area contributed by atoms with Gasteiger partial charge in [0.2, 0.25) is 0 Å². The number of aromatic nitrogens is 2. The average Bonchev–Trinajstić information content (AvgIpc) is 2.84. The van der Waals surface area contributed by atoms with E-state index in [4.69, 9.17) is 0 Å². The Labute approximate surface area is 109 Å². The van der Waals surface area contributed by atoms with Crippen LogP contribution in [-0.2, 0) is 0 Å². The van der Waals surface area contributed by atoms with Crippen molar-refractivity contribution in [2.24, 2.45) is 0 Å². The number of amides is 1. The summed E-state index contributed by atoms with van der Waals surface area (Å²) in [5.74, 6) is 0. The van der Waals surface area contributed by atoms with Gasteiger partial charge in [-0.05, 0) is 33.4 Å². The van der Waals surface area contributed by atoms with Gasteiger partial charge < -0.3 is 0 Å². The first-order chi connectivity index (χ1) is 8.09. The molecule has 0 aliphatic carbocycles. The number of anilines is 1. The number of halogens is 1. The third-order valence-corrected chi connectivity index (χ3v) is 3.44. The lowest BCUT2D eigenvalue weighted by Crippen LogP contribution is -2.38. The lowest BCUT2D eigenvalue weighted by molar-refractivity contribution is 0.248. The van der Waals surface area contributed by atoms with Gasteiger partial charge in [-0.2, -0.15) is 4.98 Å². The summed E-state index contributed by atoms with van der Waals surface area (Å²) < 4.78 is 1.54. The van der Waals surface area contributed by atoms with Crippen LogP contribution in [0.4, 0.5) is 9.80 Å². The van der Waals surface area contributed by atoms with Crippen LogP contribution in [0, 0.1) is 0 Å². The molecule has 5 nitrogen and oxygen atoms in total. The van der Waals surface area contributed by atoms with Gasteiger partial charge in [0, 0.05) is 19.4 Å². The zero-order valence-corrected chi connectivity index (χ0v) is 11.2. The van der Waals surface area contributed by atoms with E-state index in [2.05, 4.69) is 20.9 Å². The molecule has 2 heterocycles. The minimum absolute atomic E-state index is 0.439. The molecular formula is C10H8BrN3O2S. The third kappa shape index (κ3) is 2.45. The van der Waals surface area contributed by atoms with Crippen LogP contribution in [0.15, 0.2) is 39.2 Å². The Morgan fingerprint density at radius 1 is 1.59 bits per heavy atom. The van der Waals surface area contributed by atoms with Gasteiger partial charge in [-0.3, -0.25) is 4.90 Å². The van der Waals surface area contributed by atoms with Crippen molar-refractivity contribution in [1.82, 2.24) is 9.55 Å². The van der Waals surface area contributed by atoms with E-state index in [1.54, 1.807) is 13.1 Å². The molecule has 0 N–H and O–H groups in total. The van der Waals surface area contributed by atoms with E-state index in [0.29, 0.717) is 4.47 Å². The number of hydrogen-bond donors (Lipinski definition) is 0. The highest BCUT2D eigenvalue weighted by molar-refractivity contribution is 9.10. The maximum atomic E-state index is 12.1. The average molecular weight is 314 g/mol.